The molecule has 11 heteroatoms. The molecule has 0 radical (unpaired) electrons. The Morgan fingerprint density at radius 2 is 1.94 bits per heavy atom. The molecule has 0 bridgehead atoms. The first kappa shape index (κ1) is 22.9. The van der Waals surface area contributed by atoms with Gasteiger partial charge in [0.15, 0.2) is 10.8 Å². The number of aromatic carboxylic acids is 1. The number of amides is 1. The molecule has 1 amide bonds. The zero-order valence-corrected chi connectivity index (χ0v) is 19.4. The number of hydrogen-bond donors (Lipinski definition) is 2. The molecule has 1 aliphatic rings. The van der Waals surface area contributed by atoms with Crippen LogP contribution < -0.4 is 14.8 Å². The van der Waals surface area contributed by atoms with Gasteiger partial charge < -0.3 is 14.6 Å². The predicted octanol–water partition coefficient (Wildman–Crippen LogP) is 4.34. The van der Waals surface area contributed by atoms with E-state index in [2.05, 4.69) is 15.3 Å². The number of pyridine rings is 1. The molecule has 1 unspecified atom stereocenters. The largest absolute Gasteiger partial charge is 0.491 e. The topological polar surface area (TPSA) is 128 Å². The number of hydrogen-bond acceptors (Lipinski definition) is 8. The predicted molar refractivity (Wildman–Crippen MR) is 123 cm³/mol. The Bertz CT molecular complexity index is 1210. The smallest absolute Gasteiger partial charge is 0.355 e. The number of nitrogens with one attached hydrogen (secondary N) is 1. The van der Waals surface area contributed by atoms with Gasteiger partial charge in [-0.15, -0.1) is 11.3 Å². The number of nitrogens with zero attached hydrogens (tertiary/aromatic N) is 2. The first-order chi connectivity index (χ1) is 15.8. The van der Waals surface area contributed by atoms with Gasteiger partial charge in [0, 0.05) is 22.3 Å². The van der Waals surface area contributed by atoms with Gasteiger partial charge >= 0.3 is 5.97 Å². The maximum absolute atomic E-state index is 12.8. The van der Waals surface area contributed by atoms with E-state index in [9.17, 15) is 13.8 Å². The molecule has 0 aliphatic heterocycles. The lowest BCUT2D eigenvalue weighted by Gasteiger charge is -2.14. The van der Waals surface area contributed by atoms with Gasteiger partial charge in [-0.1, -0.05) is 0 Å². The minimum atomic E-state index is -1.17. The number of carbonyl (C=O) groups is 2. The molecule has 0 spiro atoms. The molecule has 9 nitrogen and oxygen atoms in total. The van der Waals surface area contributed by atoms with Crippen LogP contribution in [0.1, 0.15) is 47.5 Å². The molecule has 33 heavy (non-hydrogen) atoms. The molecule has 172 valence electrons. The van der Waals surface area contributed by atoms with Crippen LogP contribution in [0.25, 0.3) is 0 Å². The summed E-state index contributed by atoms with van der Waals surface area (Å²) in [6.45, 7) is 3.72. The molecule has 2 heterocycles. The van der Waals surface area contributed by atoms with Crippen molar-refractivity contribution in [3.63, 3.8) is 0 Å². The van der Waals surface area contributed by atoms with Crippen LogP contribution in [0.2, 0.25) is 0 Å². The van der Waals surface area contributed by atoms with E-state index in [0.717, 1.165) is 24.2 Å². The molecule has 0 saturated heterocycles. The molecule has 3 aromatic rings. The Morgan fingerprint density at radius 1 is 1.18 bits per heavy atom. The van der Waals surface area contributed by atoms with Crippen LogP contribution in [0.3, 0.4) is 0 Å². The average Bonchev–Trinajstić information content (AvgIpc) is 3.51. The number of anilines is 1. The monoisotopic (exact) mass is 487 g/mol. The summed E-state index contributed by atoms with van der Waals surface area (Å²) in [6.07, 6.45) is 3.28. The highest BCUT2D eigenvalue weighted by Gasteiger charge is 2.30. The minimum absolute atomic E-state index is 0.133. The van der Waals surface area contributed by atoms with E-state index in [1.807, 2.05) is 13.8 Å². The van der Waals surface area contributed by atoms with Crippen LogP contribution in [-0.2, 0) is 10.8 Å². The molecule has 1 fully saturated rings. The number of benzene rings is 1. The third-order valence-corrected chi connectivity index (χ3v) is 6.92. The second-order valence-corrected chi connectivity index (χ2v) is 10.1. The van der Waals surface area contributed by atoms with Crippen molar-refractivity contribution >= 4 is 39.1 Å². The molecular formula is C22H21N3O6S2. The summed E-state index contributed by atoms with van der Waals surface area (Å²) in [5.41, 5.74) is 0.101. The van der Waals surface area contributed by atoms with Gasteiger partial charge in [-0.3, -0.25) is 14.3 Å². The Labute approximate surface area is 196 Å². The summed E-state index contributed by atoms with van der Waals surface area (Å²) in [7, 11) is -1.10. The van der Waals surface area contributed by atoms with Crippen molar-refractivity contribution in [1.82, 2.24) is 9.97 Å². The minimum Gasteiger partial charge on any atom is -0.491 e. The number of thiazole rings is 1. The summed E-state index contributed by atoms with van der Waals surface area (Å²) in [5.74, 6) is -0.464. The van der Waals surface area contributed by atoms with Crippen LogP contribution in [0.15, 0.2) is 46.9 Å². The summed E-state index contributed by atoms with van der Waals surface area (Å²) in [5, 5.41) is 13.8. The number of aromatic nitrogens is 2. The lowest BCUT2D eigenvalue weighted by atomic mass is 10.2. The molecule has 2 aromatic heterocycles. The summed E-state index contributed by atoms with van der Waals surface area (Å²) in [6, 6.07) is 8.10. The van der Waals surface area contributed by atoms with Gasteiger partial charge in [-0.2, -0.15) is 0 Å². The number of ether oxygens (including phenoxy) is 2. The Kier molecular flexibility index (Phi) is 6.70. The second kappa shape index (κ2) is 9.67. The Morgan fingerprint density at radius 3 is 2.55 bits per heavy atom. The maximum atomic E-state index is 12.8. The molecule has 1 aromatic carbocycles. The van der Waals surface area contributed by atoms with E-state index in [1.165, 1.54) is 17.6 Å². The van der Waals surface area contributed by atoms with Crippen molar-refractivity contribution in [1.29, 1.82) is 0 Å². The van der Waals surface area contributed by atoms with Crippen LogP contribution in [-0.4, -0.2) is 42.5 Å². The Balaban J connectivity index is 1.54. The van der Waals surface area contributed by atoms with E-state index in [-0.39, 0.29) is 27.7 Å². The van der Waals surface area contributed by atoms with Crippen molar-refractivity contribution in [2.75, 3.05) is 5.32 Å². The lowest BCUT2D eigenvalue weighted by molar-refractivity contribution is 0.0691. The van der Waals surface area contributed by atoms with Crippen LogP contribution in [0.5, 0.6) is 17.2 Å². The van der Waals surface area contributed by atoms with Crippen LogP contribution in [0, 0.1) is 0 Å². The van der Waals surface area contributed by atoms with Crippen molar-refractivity contribution in [3.05, 3.63) is 53.2 Å². The van der Waals surface area contributed by atoms with Gasteiger partial charge in [0.2, 0.25) is 0 Å². The summed E-state index contributed by atoms with van der Waals surface area (Å²) >= 11 is 1.01. The van der Waals surface area contributed by atoms with Crippen molar-refractivity contribution < 1.29 is 28.4 Å². The van der Waals surface area contributed by atoms with E-state index in [0.29, 0.717) is 22.3 Å². The van der Waals surface area contributed by atoms with Crippen LogP contribution in [0.4, 0.5) is 5.13 Å². The van der Waals surface area contributed by atoms with Crippen molar-refractivity contribution in [2.45, 2.75) is 43.1 Å². The maximum Gasteiger partial charge on any atom is 0.355 e. The first-order valence-corrected chi connectivity index (χ1v) is 12.2. The number of rotatable bonds is 9. The first-order valence-electron chi connectivity index (χ1n) is 10.1. The fraction of sp³-hybridized carbons (Fsp3) is 0.273. The average molecular weight is 488 g/mol. The lowest BCUT2D eigenvalue weighted by Crippen LogP contribution is -2.13. The summed E-state index contributed by atoms with van der Waals surface area (Å²) < 4.78 is 23.9. The van der Waals surface area contributed by atoms with E-state index >= 15 is 0 Å². The van der Waals surface area contributed by atoms with E-state index in [4.69, 9.17) is 14.6 Å². The summed E-state index contributed by atoms with van der Waals surface area (Å²) in [4.78, 5) is 31.9. The zero-order chi connectivity index (χ0) is 23.5. The molecule has 1 atom stereocenters. The highest BCUT2D eigenvalue weighted by molar-refractivity contribution is 7.85. The van der Waals surface area contributed by atoms with Gasteiger partial charge in [-0.25, -0.2) is 14.8 Å². The van der Waals surface area contributed by atoms with Gasteiger partial charge in [0.1, 0.15) is 22.3 Å². The fourth-order valence-electron chi connectivity index (χ4n) is 2.84. The number of carboxylic acids is 1. The highest BCUT2D eigenvalue weighted by atomic mass is 32.2. The molecule has 1 aliphatic carbocycles. The van der Waals surface area contributed by atoms with E-state index < -0.39 is 22.7 Å². The van der Waals surface area contributed by atoms with E-state index in [1.54, 1.807) is 24.3 Å². The van der Waals surface area contributed by atoms with Gasteiger partial charge in [0.25, 0.3) is 5.91 Å². The highest BCUT2D eigenvalue weighted by Crippen LogP contribution is 2.31. The quantitative estimate of drug-likeness (QED) is 0.456. The SMILES string of the molecule is CC(C)Oc1cc(Oc2ccc(S(=O)C3CC3)nc2)cc(C(=O)Nc2nc(C(=O)O)cs2)c1. The molecule has 1 saturated carbocycles. The molecular weight excluding hydrogens is 466 g/mol. The van der Waals surface area contributed by atoms with Crippen molar-refractivity contribution in [3.8, 4) is 17.2 Å². The third-order valence-electron chi connectivity index (χ3n) is 4.44. The zero-order valence-electron chi connectivity index (χ0n) is 17.8. The molecule has 2 N–H and O–H groups in total. The fourth-order valence-corrected chi connectivity index (χ4v) is 4.78. The molecule has 4 rings (SSSR count). The number of carboxylic acid groups (broad SMARTS) is 1. The Hall–Kier alpha value is -3.31. The standard InChI is InChI=1S/C22H21N3O6S2/c1-12(2)30-15-7-13(20(26)25-22-24-18(11-32-22)21(27)28)8-16(9-15)31-14-3-6-19(23-10-14)33(29)17-4-5-17/h3,6-12,17H,4-5H2,1-2H3,(H,27,28)(H,24,25,26). The van der Waals surface area contributed by atoms with Crippen LogP contribution >= 0.6 is 11.3 Å². The van der Waals surface area contributed by atoms with Gasteiger partial charge in [0.05, 0.1) is 23.1 Å². The van der Waals surface area contributed by atoms with Gasteiger partial charge in [-0.05, 0) is 51.0 Å². The number of carbonyl (C=O) groups excluding carboxylic acids is 1. The normalized spacial score (nSPS) is 14.0. The van der Waals surface area contributed by atoms with Crippen molar-refractivity contribution in [2.24, 2.45) is 0 Å². The third kappa shape index (κ3) is 5.93. The second-order valence-electron chi connectivity index (χ2n) is 7.59.